The summed E-state index contributed by atoms with van der Waals surface area (Å²) < 4.78 is 4.31. The number of hydrogen-bond donors (Lipinski definition) is 1. The van der Waals surface area contributed by atoms with Gasteiger partial charge in [-0.3, -0.25) is 14.8 Å². The Balaban J connectivity index is 1.68. The van der Waals surface area contributed by atoms with Crippen LogP contribution in [0.1, 0.15) is 35.5 Å². The molecule has 0 aliphatic carbocycles. The number of hydrogen-bond acceptors (Lipinski definition) is 4. The van der Waals surface area contributed by atoms with Crippen molar-refractivity contribution in [2.75, 3.05) is 5.32 Å². The van der Waals surface area contributed by atoms with Crippen LogP contribution in [0, 0.1) is 20.8 Å². The van der Waals surface area contributed by atoms with Gasteiger partial charge in [-0.25, -0.2) is 9.67 Å². The molecule has 2 aromatic heterocycles. The van der Waals surface area contributed by atoms with Gasteiger partial charge in [-0.05, 0) is 49.2 Å². The molecule has 1 unspecified atom stereocenters. The van der Waals surface area contributed by atoms with Gasteiger partial charge in [-0.1, -0.05) is 29.8 Å². The van der Waals surface area contributed by atoms with Crippen molar-refractivity contribution in [3.63, 3.8) is 0 Å². The molecule has 3 aromatic rings. The summed E-state index contributed by atoms with van der Waals surface area (Å²) in [5, 5.41) is 11.5. The van der Waals surface area contributed by atoms with E-state index in [0.717, 1.165) is 21.4 Å². The predicted molar refractivity (Wildman–Crippen MR) is 103 cm³/mol. The van der Waals surface area contributed by atoms with E-state index in [1.807, 2.05) is 26.0 Å². The second-order valence-corrected chi connectivity index (χ2v) is 7.14. The van der Waals surface area contributed by atoms with Gasteiger partial charge in [0, 0.05) is 0 Å². The minimum Gasteiger partial charge on any atom is -0.291 e. The summed E-state index contributed by atoms with van der Waals surface area (Å²) in [5.41, 5.74) is 4.08. The maximum Gasteiger partial charge on any atom is 0.251 e. The Morgan fingerprint density at radius 3 is 2.69 bits per heavy atom. The average Bonchev–Trinajstić information content (AvgIpc) is 3.13. The minimum atomic E-state index is -0.469. The molecule has 1 N–H and O–H groups in total. The molecule has 0 fully saturated rings. The topological polar surface area (TPSA) is 77.6 Å². The predicted octanol–water partition coefficient (Wildman–Crippen LogP) is 3.41. The van der Waals surface area contributed by atoms with Gasteiger partial charge in [0.05, 0.1) is 22.4 Å². The molecule has 1 atom stereocenters. The molecule has 0 saturated carbocycles. The number of halogens is 1. The zero-order chi connectivity index (χ0) is 18.8. The van der Waals surface area contributed by atoms with E-state index in [1.165, 1.54) is 5.56 Å². The van der Waals surface area contributed by atoms with Gasteiger partial charge in [0.25, 0.3) is 5.91 Å². The Bertz CT molecular complexity index is 945. The Kier molecular flexibility index (Phi) is 5.22. The van der Waals surface area contributed by atoms with Gasteiger partial charge in [-0.15, -0.1) is 5.10 Å². The van der Waals surface area contributed by atoms with E-state index in [9.17, 15) is 4.79 Å². The Hall–Kier alpha value is -2.48. The number of aryl methyl sites for hydroxylation is 2. The molecule has 0 aliphatic heterocycles. The highest BCUT2D eigenvalue weighted by atomic mass is 79.9. The van der Waals surface area contributed by atoms with Crippen molar-refractivity contribution in [3.05, 3.63) is 57.6 Å². The van der Waals surface area contributed by atoms with E-state index in [0.29, 0.717) is 6.54 Å². The summed E-state index contributed by atoms with van der Waals surface area (Å²) in [7, 11) is 0. The molecule has 1 aromatic carbocycles. The van der Waals surface area contributed by atoms with Crippen molar-refractivity contribution in [1.29, 1.82) is 0 Å². The monoisotopic (exact) mass is 416 g/mol. The van der Waals surface area contributed by atoms with Crippen LogP contribution in [0.5, 0.6) is 0 Å². The van der Waals surface area contributed by atoms with Crippen LogP contribution in [0.2, 0.25) is 0 Å². The van der Waals surface area contributed by atoms with Crippen molar-refractivity contribution in [1.82, 2.24) is 24.5 Å². The molecule has 136 valence electrons. The van der Waals surface area contributed by atoms with Gasteiger partial charge in [0.2, 0.25) is 5.95 Å². The second kappa shape index (κ2) is 7.41. The Labute approximate surface area is 160 Å². The van der Waals surface area contributed by atoms with E-state index < -0.39 is 6.04 Å². The van der Waals surface area contributed by atoms with Crippen LogP contribution in [0.3, 0.4) is 0 Å². The van der Waals surface area contributed by atoms with E-state index in [-0.39, 0.29) is 11.9 Å². The van der Waals surface area contributed by atoms with Crippen LogP contribution >= 0.6 is 15.9 Å². The van der Waals surface area contributed by atoms with Crippen molar-refractivity contribution in [2.45, 2.75) is 40.3 Å². The molecule has 8 heteroatoms. The zero-order valence-electron chi connectivity index (χ0n) is 15.2. The number of aromatic nitrogens is 5. The molecule has 0 radical (unpaired) electrons. The number of nitrogens with zero attached hydrogens (tertiary/aromatic N) is 5. The lowest BCUT2D eigenvalue weighted by molar-refractivity contribution is -0.119. The highest BCUT2D eigenvalue weighted by Crippen LogP contribution is 2.23. The second-order valence-electron chi connectivity index (χ2n) is 6.35. The molecule has 0 saturated heterocycles. The maximum absolute atomic E-state index is 12.5. The quantitative estimate of drug-likeness (QED) is 0.690. The minimum absolute atomic E-state index is 0.212. The fraction of sp³-hybridized carbons (Fsp3) is 0.333. The number of carbonyl (C=O) groups is 1. The maximum atomic E-state index is 12.5. The van der Waals surface area contributed by atoms with Crippen LogP contribution in [0.4, 0.5) is 5.95 Å². The number of nitrogens with one attached hydrogen (secondary N) is 1. The molecular weight excluding hydrogens is 396 g/mol. The first kappa shape index (κ1) is 18.3. The third-order valence-corrected chi connectivity index (χ3v) is 5.33. The summed E-state index contributed by atoms with van der Waals surface area (Å²) in [6.45, 7) is 8.26. The molecule has 2 heterocycles. The van der Waals surface area contributed by atoms with Gasteiger partial charge < -0.3 is 0 Å². The van der Waals surface area contributed by atoms with E-state index in [4.69, 9.17) is 0 Å². The van der Waals surface area contributed by atoms with Gasteiger partial charge in [0.15, 0.2) is 0 Å². The zero-order valence-corrected chi connectivity index (χ0v) is 16.8. The fourth-order valence-electron chi connectivity index (χ4n) is 2.77. The molecule has 26 heavy (non-hydrogen) atoms. The van der Waals surface area contributed by atoms with Crippen molar-refractivity contribution >= 4 is 27.8 Å². The van der Waals surface area contributed by atoms with Crippen molar-refractivity contribution in [2.24, 2.45) is 0 Å². The highest BCUT2D eigenvalue weighted by molar-refractivity contribution is 9.10. The Morgan fingerprint density at radius 1 is 1.27 bits per heavy atom. The van der Waals surface area contributed by atoms with Crippen LogP contribution in [-0.4, -0.2) is 30.5 Å². The van der Waals surface area contributed by atoms with E-state index in [1.54, 1.807) is 22.6 Å². The average molecular weight is 417 g/mol. The fourth-order valence-corrected chi connectivity index (χ4v) is 3.03. The SMILES string of the molecule is Cc1cccc(Cn2cnc(NC(=O)C(C)n3nc(C)c(Br)c3C)n2)c1. The third-order valence-electron chi connectivity index (χ3n) is 4.18. The molecule has 0 bridgehead atoms. The lowest BCUT2D eigenvalue weighted by Crippen LogP contribution is -2.25. The first-order chi connectivity index (χ1) is 12.3. The van der Waals surface area contributed by atoms with Crippen molar-refractivity contribution < 1.29 is 4.79 Å². The normalized spacial score (nSPS) is 12.2. The molecular formula is C18H21BrN6O. The number of rotatable bonds is 5. The number of anilines is 1. The summed E-state index contributed by atoms with van der Waals surface area (Å²) in [4.78, 5) is 16.7. The van der Waals surface area contributed by atoms with E-state index in [2.05, 4.69) is 55.5 Å². The third kappa shape index (κ3) is 3.85. The number of carbonyl (C=O) groups excluding carboxylic acids is 1. The van der Waals surface area contributed by atoms with Gasteiger partial charge in [0.1, 0.15) is 12.4 Å². The molecule has 0 aliphatic rings. The van der Waals surface area contributed by atoms with Gasteiger partial charge >= 0.3 is 0 Å². The first-order valence-corrected chi connectivity index (χ1v) is 9.11. The summed E-state index contributed by atoms with van der Waals surface area (Å²) in [5.74, 6) is 0.0755. The smallest absolute Gasteiger partial charge is 0.251 e. The summed E-state index contributed by atoms with van der Waals surface area (Å²) in [6.07, 6.45) is 1.61. The standard InChI is InChI=1S/C18H21BrN6O/c1-11-6-5-7-15(8-11)9-24-10-20-18(23-24)21-17(26)14(4)25-13(3)16(19)12(2)22-25/h5-8,10,14H,9H2,1-4H3,(H,21,23,26). The Morgan fingerprint density at radius 2 is 2.04 bits per heavy atom. The lowest BCUT2D eigenvalue weighted by Gasteiger charge is -2.13. The molecule has 3 rings (SSSR count). The highest BCUT2D eigenvalue weighted by Gasteiger charge is 2.21. The van der Waals surface area contributed by atoms with Crippen LogP contribution < -0.4 is 5.32 Å². The molecule has 1 amide bonds. The number of benzene rings is 1. The number of amides is 1. The van der Waals surface area contributed by atoms with Gasteiger partial charge in [-0.2, -0.15) is 5.10 Å². The summed E-state index contributed by atoms with van der Waals surface area (Å²) in [6, 6.07) is 7.73. The van der Waals surface area contributed by atoms with E-state index >= 15 is 0 Å². The van der Waals surface area contributed by atoms with Crippen molar-refractivity contribution in [3.8, 4) is 0 Å². The molecule has 7 nitrogen and oxygen atoms in total. The van der Waals surface area contributed by atoms with Crippen LogP contribution in [-0.2, 0) is 11.3 Å². The molecule has 0 spiro atoms. The summed E-state index contributed by atoms with van der Waals surface area (Å²) >= 11 is 3.48. The van der Waals surface area contributed by atoms with Crippen LogP contribution in [0.25, 0.3) is 0 Å². The largest absolute Gasteiger partial charge is 0.291 e. The van der Waals surface area contributed by atoms with Crippen LogP contribution in [0.15, 0.2) is 35.1 Å². The lowest BCUT2D eigenvalue weighted by atomic mass is 10.1. The first-order valence-electron chi connectivity index (χ1n) is 8.32.